The van der Waals surface area contributed by atoms with Crippen LogP contribution in [0, 0.1) is 0 Å². The Bertz CT molecular complexity index is 571. The predicted octanol–water partition coefficient (Wildman–Crippen LogP) is 2.11. The zero-order valence-corrected chi connectivity index (χ0v) is 9.92. The molecule has 0 radical (unpaired) electrons. The van der Waals surface area contributed by atoms with Gasteiger partial charge in [0.05, 0.1) is 11.7 Å². The lowest BCUT2D eigenvalue weighted by molar-refractivity contribution is 0.197. The number of aromatic nitrogens is 1. The third kappa shape index (κ3) is 2.15. The molecule has 88 valence electrons. The number of hydrogen-bond donors (Lipinski definition) is 1. The zero-order valence-electron chi connectivity index (χ0n) is 9.92. The van der Waals surface area contributed by atoms with Crippen molar-refractivity contribution in [2.75, 3.05) is 0 Å². The fraction of sp³-hybridized carbons (Fsp3) is 0.214. The average molecular weight is 229 g/mol. The van der Waals surface area contributed by atoms with Crippen LogP contribution in [0.5, 0.6) is 0 Å². The first-order chi connectivity index (χ1) is 8.11. The smallest absolute Gasteiger partial charge is 0.256 e. The van der Waals surface area contributed by atoms with Crippen molar-refractivity contribution in [1.82, 2.24) is 4.57 Å². The summed E-state index contributed by atoms with van der Waals surface area (Å²) >= 11 is 0. The number of pyridine rings is 1. The number of aryl methyl sites for hydroxylation is 1. The molecule has 0 saturated carbocycles. The summed E-state index contributed by atoms with van der Waals surface area (Å²) in [5.74, 6) is 0. The van der Waals surface area contributed by atoms with Crippen LogP contribution in [-0.4, -0.2) is 9.67 Å². The normalized spacial score (nSPS) is 12.4. The topological polar surface area (TPSA) is 42.2 Å². The van der Waals surface area contributed by atoms with Crippen molar-refractivity contribution in [2.24, 2.45) is 7.05 Å². The highest BCUT2D eigenvalue weighted by Gasteiger charge is 2.14. The minimum atomic E-state index is -0.773. The van der Waals surface area contributed by atoms with Crippen molar-refractivity contribution in [3.05, 3.63) is 58.5 Å². The van der Waals surface area contributed by atoms with Gasteiger partial charge in [-0.3, -0.25) is 4.79 Å². The van der Waals surface area contributed by atoms with E-state index >= 15 is 0 Å². The minimum Gasteiger partial charge on any atom is -0.388 e. The fourth-order valence-corrected chi connectivity index (χ4v) is 1.92. The van der Waals surface area contributed by atoms with Crippen molar-refractivity contribution in [3.63, 3.8) is 0 Å². The van der Waals surface area contributed by atoms with E-state index in [0.29, 0.717) is 5.56 Å². The Morgan fingerprint density at radius 3 is 2.41 bits per heavy atom. The molecule has 2 rings (SSSR count). The number of aliphatic hydroxyl groups is 1. The molecule has 1 heterocycles. The van der Waals surface area contributed by atoms with Gasteiger partial charge in [-0.1, -0.05) is 30.3 Å². The molecule has 0 spiro atoms. The zero-order chi connectivity index (χ0) is 12.4. The SMILES string of the molecule is CC(O)c1c(-c2ccccc2)ccn(C)c1=O. The Balaban J connectivity index is 2.71. The van der Waals surface area contributed by atoms with Crippen molar-refractivity contribution in [1.29, 1.82) is 0 Å². The molecule has 0 aliphatic carbocycles. The highest BCUT2D eigenvalue weighted by atomic mass is 16.3. The van der Waals surface area contributed by atoms with E-state index in [1.54, 1.807) is 20.2 Å². The molecule has 0 aliphatic rings. The van der Waals surface area contributed by atoms with Crippen LogP contribution in [0.25, 0.3) is 11.1 Å². The summed E-state index contributed by atoms with van der Waals surface area (Å²) < 4.78 is 1.48. The van der Waals surface area contributed by atoms with Crippen molar-refractivity contribution < 1.29 is 5.11 Å². The number of nitrogens with zero attached hydrogens (tertiary/aromatic N) is 1. The van der Waals surface area contributed by atoms with Gasteiger partial charge in [0.1, 0.15) is 0 Å². The van der Waals surface area contributed by atoms with Gasteiger partial charge in [-0.05, 0) is 24.1 Å². The third-order valence-electron chi connectivity index (χ3n) is 2.81. The summed E-state index contributed by atoms with van der Waals surface area (Å²) in [7, 11) is 1.68. The van der Waals surface area contributed by atoms with E-state index < -0.39 is 6.10 Å². The van der Waals surface area contributed by atoms with Crippen LogP contribution in [0.1, 0.15) is 18.6 Å². The summed E-state index contributed by atoms with van der Waals surface area (Å²) in [5, 5.41) is 9.76. The van der Waals surface area contributed by atoms with Gasteiger partial charge in [0.15, 0.2) is 0 Å². The number of rotatable bonds is 2. The van der Waals surface area contributed by atoms with E-state index in [9.17, 15) is 9.90 Å². The first kappa shape index (κ1) is 11.6. The summed E-state index contributed by atoms with van der Waals surface area (Å²) in [5.41, 5.74) is 2.03. The van der Waals surface area contributed by atoms with Crippen molar-refractivity contribution in [3.8, 4) is 11.1 Å². The van der Waals surface area contributed by atoms with Gasteiger partial charge in [-0.25, -0.2) is 0 Å². The largest absolute Gasteiger partial charge is 0.388 e. The van der Waals surface area contributed by atoms with Crippen LogP contribution in [0.3, 0.4) is 0 Å². The van der Waals surface area contributed by atoms with E-state index in [1.807, 2.05) is 36.4 Å². The summed E-state index contributed by atoms with van der Waals surface area (Å²) in [6, 6.07) is 11.5. The molecular weight excluding hydrogens is 214 g/mol. The maximum absolute atomic E-state index is 12.0. The van der Waals surface area contributed by atoms with Crippen LogP contribution in [-0.2, 0) is 7.05 Å². The molecule has 17 heavy (non-hydrogen) atoms. The third-order valence-corrected chi connectivity index (χ3v) is 2.81. The molecule has 0 fully saturated rings. The standard InChI is InChI=1S/C14H15NO2/c1-10(16)13-12(8-9-15(2)14(13)17)11-6-4-3-5-7-11/h3-10,16H,1-2H3. The summed E-state index contributed by atoms with van der Waals surface area (Å²) in [6.45, 7) is 1.61. The molecule has 0 amide bonds. The molecule has 0 bridgehead atoms. The van der Waals surface area contributed by atoms with Crippen LogP contribution in [0.2, 0.25) is 0 Å². The second-order valence-electron chi connectivity index (χ2n) is 4.10. The van der Waals surface area contributed by atoms with Gasteiger partial charge >= 0.3 is 0 Å². The molecule has 3 nitrogen and oxygen atoms in total. The van der Waals surface area contributed by atoms with E-state index in [0.717, 1.165) is 11.1 Å². The predicted molar refractivity (Wildman–Crippen MR) is 67.8 cm³/mol. The molecular formula is C14H15NO2. The molecule has 1 aromatic heterocycles. The van der Waals surface area contributed by atoms with Gasteiger partial charge in [0.2, 0.25) is 0 Å². The van der Waals surface area contributed by atoms with Gasteiger partial charge in [0, 0.05) is 13.2 Å². The Hall–Kier alpha value is -1.87. The maximum atomic E-state index is 12.0. The van der Waals surface area contributed by atoms with Crippen LogP contribution in [0.15, 0.2) is 47.4 Å². The molecule has 2 aromatic rings. The Morgan fingerprint density at radius 2 is 1.82 bits per heavy atom. The summed E-state index contributed by atoms with van der Waals surface area (Å²) in [6.07, 6.45) is 0.946. The molecule has 3 heteroatoms. The van der Waals surface area contributed by atoms with Gasteiger partial charge in [-0.15, -0.1) is 0 Å². The maximum Gasteiger partial charge on any atom is 0.256 e. The fourth-order valence-electron chi connectivity index (χ4n) is 1.92. The van der Waals surface area contributed by atoms with E-state index in [2.05, 4.69) is 0 Å². The Morgan fingerprint density at radius 1 is 1.18 bits per heavy atom. The molecule has 1 N–H and O–H groups in total. The quantitative estimate of drug-likeness (QED) is 0.857. The van der Waals surface area contributed by atoms with Crippen molar-refractivity contribution >= 4 is 0 Å². The van der Waals surface area contributed by atoms with Crippen LogP contribution in [0.4, 0.5) is 0 Å². The minimum absolute atomic E-state index is 0.152. The van der Waals surface area contributed by atoms with Gasteiger partial charge in [0.25, 0.3) is 5.56 Å². The van der Waals surface area contributed by atoms with Gasteiger partial charge in [-0.2, -0.15) is 0 Å². The number of hydrogen-bond acceptors (Lipinski definition) is 2. The molecule has 0 aliphatic heterocycles. The van der Waals surface area contributed by atoms with E-state index in [1.165, 1.54) is 4.57 Å². The molecule has 1 unspecified atom stereocenters. The summed E-state index contributed by atoms with van der Waals surface area (Å²) in [4.78, 5) is 12.0. The average Bonchev–Trinajstić information content (AvgIpc) is 2.33. The van der Waals surface area contributed by atoms with Gasteiger partial charge < -0.3 is 9.67 Å². The lowest BCUT2D eigenvalue weighted by Gasteiger charge is -2.12. The lowest BCUT2D eigenvalue weighted by Crippen LogP contribution is -2.22. The molecule has 0 saturated heterocycles. The van der Waals surface area contributed by atoms with E-state index in [-0.39, 0.29) is 5.56 Å². The first-order valence-electron chi connectivity index (χ1n) is 5.54. The number of benzene rings is 1. The molecule has 1 aromatic carbocycles. The van der Waals surface area contributed by atoms with Crippen LogP contribution >= 0.6 is 0 Å². The molecule has 1 atom stereocenters. The highest BCUT2D eigenvalue weighted by molar-refractivity contribution is 5.67. The van der Waals surface area contributed by atoms with Crippen LogP contribution < -0.4 is 5.56 Å². The van der Waals surface area contributed by atoms with E-state index in [4.69, 9.17) is 0 Å². The second-order valence-corrected chi connectivity index (χ2v) is 4.10. The lowest BCUT2D eigenvalue weighted by atomic mass is 9.98. The first-order valence-corrected chi connectivity index (χ1v) is 5.54. The Kier molecular flexibility index (Phi) is 3.11. The van der Waals surface area contributed by atoms with Crippen molar-refractivity contribution in [2.45, 2.75) is 13.0 Å². The highest BCUT2D eigenvalue weighted by Crippen LogP contribution is 2.24. The second kappa shape index (κ2) is 4.55. The Labute approximate surface area is 100.0 Å². The number of aliphatic hydroxyl groups excluding tert-OH is 1. The monoisotopic (exact) mass is 229 g/mol.